The lowest BCUT2D eigenvalue weighted by atomic mass is 9.76. The van der Waals surface area contributed by atoms with Gasteiger partial charge in [-0.1, -0.05) is 32.1 Å². The molecule has 2 nitrogen and oxygen atoms in total. The fourth-order valence-corrected chi connectivity index (χ4v) is 3.92. The minimum absolute atomic E-state index is 0.228. The van der Waals surface area contributed by atoms with Crippen LogP contribution in [0.2, 0.25) is 0 Å². The van der Waals surface area contributed by atoms with E-state index in [-0.39, 0.29) is 5.91 Å². The van der Waals surface area contributed by atoms with Crippen molar-refractivity contribution in [1.29, 1.82) is 0 Å². The Morgan fingerprint density at radius 1 is 0.944 bits per heavy atom. The van der Waals surface area contributed by atoms with Crippen LogP contribution < -0.4 is 0 Å². The minimum atomic E-state index is 0.228. The predicted octanol–water partition coefficient (Wildman–Crippen LogP) is 3.99. The van der Waals surface area contributed by atoms with Crippen LogP contribution in [0.3, 0.4) is 0 Å². The van der Waals surface area contributed by atoms with Crippen molar-refractivity contribution >= 4 is 5.91 Å². The Morgan fingerprint density at radius 2 is 1.50 bits per heavy atom. The van der Waals surface area contributed by atoms with Crippen molar-refractivity contribution in [3.8, 4) is 0 Å². The fourth-order valence-electron chi connectivity index (χ4n) is 3.92. The number of hydrogen-bond donors (Lipinski definition) is 0. The highest BCUT2D eigenvalue weighted by Crippen LogP contribution is 2.36. The van der Waals surface area contributed by atoms with Crippen molar-refractivity contribution in [3.63, 3.8) is 0 Å². The van der Waals surface area contributed by atoms with E-state index in [4.69, 9.17) is 0 Å². The Morgan fingerprint density at radius 3 is 2.06 bits per heavy atom. The molecular weight excluding hydrogens is 222 g/mol. The molecule has 2 saturated carbocycles. The highest BCUT2D eigenvalue weighted by Gasteiger charge is 2.27. The molecule has 2 aliphatic rings. The van der Waals surface area contributed by atoms with Crippen molar-refractivity contribution < 1.29 is 4.79 Å². The average Bonchev–Trinajstić information content (AvgIpc) is 2.40. The first-order chi connectivity index (χ1) is 8.66. The first kappa shape index (κ1) is 13.9. The van der Waals surface area contributed by atoms with Gasteiger partial charge in [0.05, 0.1) is 0 Å². The zero-order valence-corrected chi connectivity index (χ0v) is 12.2. The van der Waals surface area contributed by atoms with Crippen molar-refractivity contribution in [2.75, 3.05) is 7.05 Å². The number of amides is 1. The van der Waals surface area contributed by atoms with E-state index in [0.29, 0.717) is 6.04 Å². The predicted molar refractivity (Wildman–Crippen MR) is 75.4 cm³/mol. The summed E-state index contributed by atoms with van der Waals surface area (Å²) in [5.74, 6) is 2.20. The van der Waals surface area contributed by atoms with Gasteiger partial charge < -0.3 is 4.90 Å². The van der Waals surface area contributed by atoms with Crippen LogP contribution in [-0.4, -0.2) is 23.9 Å². The van der Waals surface area contributed by atoms with Gasteiger partial charge in [-0.05, 0) is 43.9 Å². The molecule has 2 aliphatic carbocycles. The molecule has 0 spiro atoms. The van der Waals surface area contributed by atoms with Gasteiger partial charge in [-0.25, -0.2) is 0 Å². The largest absolute Gasteiger partial charge is 0.343 e. The van der Waals surface area contributed by atoms with Crippen molar-refractivity contribution in [2.45, 2.75) is 77.2 Å². The van der Waals surface area contributed by atoms with Crippen LogP contribution >= 0.6 is 0 Å². The zero-order valence-electron chi connectivity index (χ0n) is 12.2. The lowest BCUT2D eigenvalue weighted by Crippen LogP contribution is -2.38. The molecule has 0 heterocycles. The second-order valence-corrected chi connectivity index (χ2v) is 6.54. The summed E-state index contributed by atoms with van der Waals surface area (Å²) in [4.78, 5) is 13.3. The average molecular weight is 251 g/mol. The molecular formula is C16H29NO. The lowest BCUT2D eigenvalue weighted by Gasteiger charge is -2.36. The summed E-state index contributed by atoms with van der Waals surface area (Å²) in [7, 11) is 1.97. The molecule has 2 fully saturated rings. The molecule has 0 aromatic rings. The highest BCUT2D eigenvalue weighted by atomic mass is 16.2. The van der Waals surface area contributed by atoms with Crippen LogP contribution in [0.4, 0.5) is 0 Å². The Bertz CT molecular complexity index is 262. The van der Waals surface area contributed by atoms with Crippen LogP contribution in [0.5, 0.6) is 0 Å². The quantitative estimate of drug-likeness (QED) is 0.742. The molecule has 0 atom stereocenters. The normalized spacial score (nSPS) is 30.1. The number of carbonyl (C=O) groups excluding carboxylic acids is 1. The van der Waals surface area contributed by atoms with E-state index in [1.165, 1.54) is 64.2 Å². The van der Waals surface area contributed by atoms with Crippen molar-refractivity contribution in [1.82, 2.24) is 4.90 Å². The molecule has 2 heteroatoms. The summed E-state index contributed by atoms with van der Waals surface area (Å²) in [5.41, 5.74) is 0. The van der Waals surface area contributed by atoms with Crippen LogP contribution in [0, 0.1) is 11.8 Å². The Labute approximate surface area is 112 Å². The van der Waals surface area contributed by atoms with Gasteiger partial charge in [0.1, 0.15) is 0 Å². The first-order valence-corrected chi connectivity index (χ1v) is 7.90. The number of hydrogen-bond acceptors (Lipinski definition) is 1. The van der Waals surface area contributed by atoms with Gasteiger partial charge in [0, 0.05) is 20.0 Å². The van der Waals surface area contributed by atoms with Crippen LogP contribution in [0.15, 0.2) is 0 Å². The lowest BCUT2D eigenvalue weighted by molar-refractivity contribution is -0.130. The third-order valence-electron chi connectivity index (χ3n) is 5.25. The monoisotopic (exact) mass is 251 g/mol. The Kier molecular flexibility index (Phi) is 5.08. The van der Waals surface area contributed by atoms with E-state index < -0.39 is 0 Å². The molecule has 0 aromatic carbocycles. The van der Waals surface area contributed by atoms with E-state index in [2.05, 4.69) is 0 Å². The van der Waals surface area contributed by atoms with Crippen LogP contribution in [-0.2, 0) is 4.79 Å². The van der Waals surface area contributed by atoms with Crippen molar-refractivity contribution in [2.24, 2.45) is 11.8 Å². The molecule has 0 radical (unpaired) electrons. The van der Waals surface area contributed by atoms with E-state index in [1.807, 2.05) is 11.9 Å². The minimum Gasteiger partial charge on any atom is -0.343 e. The van der Waals surface area contributed by atoms with E-state index in [9.17, 15) is 4.79 Å². The molecule has 104 valence electrons. The van der Waals surface area contributed by atoms with E-state index in [1.54, 1.807) is 6.92 Å². The smallest absolute Gasteiger partial charge is 0.219 e. The van der Waals surface area contributed by atoms with Crippen LogP contribution in [0.1, 0.15) is 71.1 Å². The summed E-state index contributed by atoms with van der Waals surface area (Å²) in [5, 5.41) is 0. The van der Waals surface area contributed by atoms with Gasteiger partial charge in [0.15, 0.2) is 0 Å². The zero-order chi connectivity index (χ0) is 13.0. The molecule has 18 heavy (non-hydrogen) atoms. The Hall–Kier alpha value is -0.530. The number of rotatable bonds is 3. The van der Waals surface area contributed by atoms with E-state index in [0.717, 1.165) is 11.8 Å². The molecule has 0 N–H and O–H groups in total. The van der Waals surface area contributed by atoms with Gasteiger partial charge in [0.2, 0.25) is 5.91 Å². The first-order valence-electron chi connectivity index (χ1n) is 7.90. The molecule has 1 amide bonds. The summed E-state index contributed by atoms with van der Waals surface area (Å²) in [6.07, 6.45) is 14.0. The molecule has 2 rings (SSSR count). The maximum absolute atomic E-state index is 11.4. The SMILES string of the molecule is CC(=O)N(C)C1CCC(CC2CCCCC2)CC1. The molecule has 0 unspecified atom stereocenters. The second-order valence-electron chi connectivity index (χ2n) is 6.54. The molecule has 0 bridgehead atoms. The molecule has 0 aromatic heterocycles. The summed E-state index contributed by atoms with van der Waals surface area (Å²) >= 11 is 0. The third kappa shape index (κ3) is 3.73. The van der Waals surface area contributed by atoms with Gasteiger partial charge in [0.25, 0.3) is 0 Å². The number of nitrogens with zero attached hydrogens (tertiary/aromatic N) is 1. The standard InChI is InChI=1S/C16H29NO/c1-13(18)17(2)16-10-8-15(9-11-16)12-14-6-4-3-5-7-14/h14-16H,3-12H2,1-2H3. The van der Waals surface area contributed by atoms with Gasteiger partial charge in [-0.3, -0.25) is 4.79 Å². The summed E-state index contributed by atoms with van der Waals surface area (Å²) < 4.78 is 0. The third-order valence-corrected chi connectivity index (χ3v) is 5.25. The highest BCUT2D eigenvalue weighted by molar-refractivity contribution is 5.73. The molecule has 0 saturated heterocycles. The second kappa shape index (κ2) is 6.58. The maximum Gasteiger partial charge on any atom is 0.219 e. The molecule has 0 aliphatic heterocycles. The van der Waals surface area contributed by atoms with Gasteiger partial charge in [-0.15, -0.1) is 0 Å². The number of carbonyl (C=O) groups is 1. The van der Waals surface area contributed by atoms with Gasteiger partial charge in [-0.2, -0.15) is 0 Å². The summed E-state index contributed by atoms with van der Waals surface area (Å²) in [6.45, 7) is 1.69. The van der Waals surface area contributed by atoms with Gasteiger partial charge >= 0.3 is 0 Å². The summed E-state index contributed by atoms with van der Waals surface area (Å²) in [6, 6.07) is 0.519. The van der Waals surface area contributed by atoms with Crippen molar-refractivity contribution in [3.05, 3.63) is 0 Å². The fraction of sp³-hybridized carbons (Fsp3) is 0.938. The van der Waals surface area contributed by atoms with E-state index >= 15 is 0 Å². The van der Waals surface area contributed by atoms with Crippen LogP contribution in [0.25, 0.3) is 0 Å². The maximum atomic E-state index is 11.4. The topological polar surface area (TPSA) is 20.3 Å². The Balaban J connectivity index is 1.71.